The molecule has 2 aromatic rings. The third-order valence-corrected chi connectivity index (χ3v) is 4.14. The summed E-state index contributed by atoms with van der Waals surface area (Å²) in [4.78, 5) is -0.102. The minimum atomic E-state index is -3.87. The number of nitrogens with two attached hydrogens (primary N) is 1. The van der Waals surface area contributed by atoms with Crippen LogP contribution in [0.2, 0.25) is 0 Å². The quantitative estimate of drug-likeness (QED) is 0.846. The van der Waals surface area contributed by atoms with Gasteiger partial charge in [-0.05, 0) is 12.1 Å². The molecule has 1 aromatic heterocycles. The lowest BCUT2D eigenvalue weighted by Gasteiger charge is -2.12. The van der Waals surface area contributed by atoms with Crippen molar-refractivity contribution in [2.45, 2.75) is 4.90 Å². The number of rotatable bonds is 5. The van der Waals surface area contributed by atoms with Crippen molar-refractivity contribution in [1.29, 1.82) is 0 Å². The van der Waals surface area contributed by atoms with E-state index in [1.165, 1.54) is 31.2 Å². The SMILES string of the molecule is COc1ccc(OC)c(NS(=O)(=O)c2cn(C)nc2N)c1. The Bertz CT molecular complexity index is 755. The first kappa shape index (κ1) is 15.0. The van der Waals surface area contributed by atoms with E-state index in [0.717, 1.165) is 0 Å². The van der Waals surface area contributed by atoms with Crippen LogP contribution in [-0.2, 0) is 17.1 Å². The monoisotopic (exact) mass is 312 g/mol. The average molecular weight is 312 g/mol. The van der Waals surface area contributed by atoms with Crippen molar-refractivity contribution in [3.63, 3.8) is 0 Å². The van der Waals surface area contributed by atoms with Crippen molar-refractivity contribution in [3.8, 4) is 11.5 Å². The molecule has 0 aliphatic rings. The number of ether oxygens (including phenoxy) is 2. The molecule has 0 aliphatic carbocycles. The molecule has 0 bridgehead atoms. The lowest BCUT2D eigenvalue weighted by Crippen LogP contribution is -2.14. The molecule has 0 radical (unpaired) electrons. The van der Waals surface area contributed by atoms with Gasteiger partial charge in [-0.15, -0.1) is 0 Å². The number of hydrogen-bond acceptors (Lipinski definition) is 6. The van der Waals surface area contributed by atoms with Crippen LogP contribution in [-0.4, -0.2) is 32.4 Å². The largest absolute Gasteiger partial charge is 0.497 e. The number of nitrogen functional groups attached to an aromatic ring is 1. The Morgan fingerprint density at radius 3 is 2.52 bits per heavy atom. The van der Waals surface area contributed by atoms with Gasteiger partial charge in [-0.2, -0.15) is 5.10 Å². The molecule has 21 heavy (non-hydrogen) atoms. The second-order valence-electron chi connectivity index (χ2n) is 4.22. The molecular weight excluding hydrogens is 296 g/mol. The van der Waals surface area contributed by atoms with E-state index >= 15 is 0 Å². The summed E-state index contributed by atoms with van der Waals surface area (Å²) in [6.45, 7) is 0. The predicted octanol–water partition coefficient (Wildman–Crippen LogP) is 0.820. The molecule has 114 valence electrons. The number of nitrogens with zero attached hydrogens (tertiary/aromatic N) is 2. The zero-order valence-corrected chi connectivity index (χ0v) is 12.6. The first-order valence-electron chi connectivity index (χ1n) is 5.91. The molecule has 0 aliphatic heterocycles. The topological polar surface area (TPSA) is 108 Å². The van der Waals surface area contributed by atoms with Gasteiger partial charge in [0.2, 0.25) is 0 Å². The Balaban J connectivity index is 2.43. The van der Waals surface area contributed by atoms with Crippen molar-refractivity contribution < 1.29 is 17.9 Å². The van der Waals surface area contributed by atoms with Gasteiger partial charge in [-0.1, -0.05) is 0 Å². The van der Waals surface area contributed by atoms with Gasteiger partial charge in [0.1, 0.15) is 16.4 Å². The van der Waals surface area contributed by atoms with Crippen LogP contribution in [0.5, 0.6) is 11.5 Å². The zero-order valence-electron chi connectivity index (χ0n) is 11.8. The highest BCUT2D eigenvalue weighted by atomic mass is 32.2. The maximum Gasteiger partial charge on any atom is 0.267 e. The fraction of sp³-hybridized carbons (Fsp3) is 0.250. The third kappa shape index (κ3) is 3.02. The summed E-state index contributed by atoms with van der Waals surface area (Å²) >= 11 is 0. The standard InChI is InChI=1S/C12H16N4O4S/c1-16-7-11(12(13)14-16)21(17,18)15-9-6-8(19-2)4-5-10(9)20-3/h4-7,15H,1-3H3,(H2,13,14). The number of aryl methyl sites for hydroxylation is 1. The lowest BCUT2D eigenvalue weighted by atomic mass is 10.3. The van der Waals surface area contributed by atoms with Gasteiger partial charge in [-0.3, -0.25) is 9.40 Å². The van der Waals surface area contributed by atoms with Crippen molar-refractivity contribution >= 4 is 21.5 Å². The second kappa shape index (κ2) is 5.52. The molecule has 0 saturated carbocycles. The first-order chi connectivity index (χ1) is 9.87. The molecule has 0 atom stereocenters. The number of hydrogen-bond donors (Lipinski definition) is 2. The molecule has 0 spiro atoms. The fourth-order valence-corrected chi connectivity index (χ4v) is 2.95. The van der Waals surface area contributed by atoms with Gasteiger partial charge in [0.15, 0.2) is 5.82 Å². The molecular formula is C12H16N4O4S. The van der Waals surface area contributed by atoms with Gasteiger partial charge in [0, 0.05) is 19.3 Å². The van der Waals surface area contributed by atoms with E-state index in [0.29, 0.717) is 11.5 Å². The molecule has 0 amide bonds. The van der Waals surface area contributed by atoms with E-state index in [1.807, 2.05) is 0 Å². The van der Waals surface area contributed by atoms with Crippen LogP contribution in [0.4, 0.5) is 11.5 Å². The number of methoxy groups -OCH3 is 2. The summed E-state index contributed by atoms with van der Waals surface area (Å²) in [5, 5.41) is 3.81. The Labute approximate surface area is 122 Å². The maximum absolute atomic E-state index is 12.4. The summed E-state index contributed by atoms with van der Waals surface area (Å²) < 4.78 is 38.7. The van der Waals surface area contributed by atoms with Crippen molar-refractivity contribution in [2.24, 2.45) is 7.05 Å². The molecule has 0 fully saturated rings. The molecule has 9 heteroatoms. The van der Waals surface area contributed by atoms with E-state index < -0.39 is 10.0 Å². The van der Waals surface area contributed by atoms with Crippen LogP contribution in [0.15, 0.2) is 29.3 Å². The molecule has 1 heterocycles. The smallest absolute Gasteiger partial charge is 0.267 e. The van der Waals surface area contributed by atoms with E-state index in [2.05, 4.69) is 9.82 Å². The summed E-state index contributed by atoms with van der Waals surface area (Å²) in [6.07, 6.45) is 1.32. The van der Waals surface area contributed by atoms with Crippen LogP contribution >= 0.6 is 0 Å². The molecule has 8 nitrogen and oxygen atoms in total. The van der Waals surface area contributed by atoms with E-state index in [-0.39, 0.29) is 16.4 Å². The Morgan fingerprint density at radius 1 is 1.29 bits per heavy atom. The number of nitrogens with one attached hydrogen (secondary N) is 1. The van der Waals surface area contributed by atoms with Gasteiger partial charge < -0.3 is 15.2 Å². The zero-order chi connectivity index (χ0) is 15.6. The third-order valence-electron chi connectivity index (χ3n) is 2.76. The van der Waals surface area contributed by atoms with Crippen LogP contribution in [0, 0.1) is 0 Å². The van der Waals surface area contributed by atoms with Gasteiger partial charge in [0.05, 0.1) is 19.9 Å². The van der Waals surface area contributed by atoms with Gasteiger partial charge >= 0.3 is 0 Å². The van der Waals surface area contributed by atoms with Gasteiger partial charge in [0.25, 0.3) is 10.0 Å². The number of anilines is 2. The van der Waals surface area contributed by atoms with Crippen LogP contribution < -0.4 is 19.9 Å². The Morgan fingerprint density at radius 2 is 2.00 bits per heavy atom. The normalized spacial score (nSPS) is 11.2. The molecule has 0 unspecified atom stereocenters. The van der Waals surface area contributed by atoms with Crippen molar-refractivity contribution in [1.82, 2.24) is 9.78 Å². The second-order valence-corrected chi connectivity index (χ2v) is 5.87. The van der Waals surface area contributed by atoms with Crippen LogP contribution in [0.25, 0.3) is 0 Å². The van der Waals surface area contributed by atoms with E-state index in [4.69, 9.17) is 15.2 Å². The summed E-state index contributed by atoms with van der Waals surface area (Å²) in [5.41, 5.74) is 5.85. The summed E-state index contributed by atoms with van der Waals surface area (Å²) in [5.74, 6) is 0.779. The van der Waals surface area contributed by atoms with Crippen LogP contribution in [0.1, 0.15) is 0 Å². The minimum Gasteiger partial charge on any atom is -0.497 e. The fourth-order valence-electron chi connectivity index (χ4n) is 1.78. The maximum atomic E-state index is 12.4. The molecule has 0 saturated heterocycles. The molecule has 3 N–H and O–H groups in total. The minimum absolute atomic E-state index is 0.0770. The highest BCUT2D eigenvalue weighted by Crippen LogP contribution is 2.31. The van der Waals surface area contributed by atoms with E-state index in [1.54, 1.807) is 19.2 Å². The van der Waals surface area contributed by atoms with Crippen molar-refractivity contribution in [2.75, 3.05) is 24.7 Å². The first-order valence-corrected chi connectivity index (χ1v) is 7.39. The van der Waals surface area contributed by atoms with Gasteiger partial charge in [-0.25, -0.2) is 8.42 Å². The summed E-state index contributed by atoms with van der Waals surface area (Å²) in [6, 6.07) is 4.78. The predicted molar refractivity (Wildman–Crippen MR) is 78.0 cm³/mol. The lowest BCUT2D eigenvalue weighted by molar-refractivity contribution is 0.405. The van der Waals surface area contributed by atoms with Crippen LogP contribution in [0.3, 0.4) is 0 Å². The molecule has 2 rings (SSSR count). The highest BCUT2D eigenvalue weighted by molar-refractivity contribution is 7.92. The van der Waals surface area contributed by atoms with Crippen molar-refractivity contribution in [3.05, 3.63) is 24.4 Å². The summed E-state index contributed by atoms with van der Waals surface area (Å²) in [7, 11) is 0.638. The Hall–Kier alpha value is -2.42. The Kier molecular flexibility index (Phi) is 3.94. The molecule has 1 aromatic carbocycles. The number of benzene rings is 1. The number of sulfonamides is 1. The average Bonchev–Trinajstić information content (AvgIpc) is 2.78. The highest BCUT2D eigenvalue weighted by Gasteiger charge is 2.22. The number of aromatic nitrogens is 2. The van der Waals surface area contributed by atoms with E-state index in [9.17, 15) is 8.42 Å².